The van der Waals surface area contributed by atoms with Crippen LogP contribution >= 0.6 is 11.6 Å². The van der Waals surface area contributed by atoms with Crippen LogP contribution in [0.5, 0.6) is 11.5 Å². The van der Waals surface area contributed by atoms with Crippen LogP contribution in [0.4, 0.5) is 21.9 Å². The minimum atomic E-state index is -1.19. The van der Waals surface area contributed by atoms with Crippen molar-refractivity contribution in [2.75, 3.05) is 29.2 Å². The summed E-state index contributed by atoms with van der Waals surface area (Å²) in [5.74, 6) is -1.40. The number of hydrogen-bond donors (Lipinski definition) is 7. The van der Waals surface area contributed by atoms with Gasteiger partial charge < -0.3 is 42.0 Å². The summed E-state index contributed by atoms with van der Waals surface area (Å²) in [6, 6.07) is 13.4. The van der Waals surface area contributed by atoms with E-state index in [1.807, 2.05) is 0 Å². The van der Waals surface area contributed by atoms with E-state index in [1.165, 1.54) is 12.1 Å². The first kappa shape index (κ1) is 28.6. The van der Waals surface area contributed by atoms with Crippen molar-refractivity contribution in [1.29, 1.82) is 5.41 Å². The smallest absolute Gasteiger partial charge is 0.341 e. The number of primary amides is 1. The molecule has 9 N–H and O–H groups in total. The maximum atomic E-state index is 13.1. The second-order valence-corrected chi connectivity index (χ2v) is 8.49. The number of carbonyl (C=O) groups is 3. The Hall–Kier alpha value is -4.97. The minimum Gasteiger partial charge on any atom is -0.490 e. The number of carboxylic acid groups (broad SMARTS) is 1. The number of carboxylic acids is 1. The number of anilines is 3. The molecule has 3 aromatic rings. The third-order valence-electron chi connectivity index (χ3n) is 5.19. The Kier molecular flexibility index (Phi) is 9.54. The number of halogens is 1. The number of amidine groups is 1. The summed E-state index contributed by atoms with van der Waals surface area (Å²) >= 11 is 6.17. The second kappa shape index (κ2) is 13.0. The Balaban J connectivity index is 1.91. The molecular weight excluding hydrogens is 528 g/mol. The van der Waals surface area contributed by atoms with Gasteiger partial charge in [-0.2, -0.15) is 0 Å². The maximum Gasteiger partial charge on any atom is 0.341 e. The number of amides is 3. The van der Waals surface area contributed by atoms with E-state index >= 15 is 0 Å². The molecule has 0 unspecified atom stereocenters. The first-order chi connectivity index (χ1) is 18.6. The van der Waals surface area contributed by atoms with Crippen molar-refractivity contribution in [3.05, 3.63) is 76.3 Å². The van der Waals surface area contributed by atoms with E-state index in [4.69, 9.17) is 43.1 Å². The summed E-state index contributed by atoms with van der Waals surface area (Å²) in [5, 5.41) is 25.3. The highest BCUT2D eigenvalue weighted by Gasteiger charge is 2.18. The van der Waals surface area contributed by atoms with Gasteiger partial charge in [-0.15, -0.1) is 0 Å². The summed E-state index contributed by atoms with van der Waals surface area (Å²) in [4.78, 5) is 35.8. The molecule has 3 aromatic carbocycles. The van der Waals surface area contributed by atoms with Gasteiger partial charge in [-0.3, -0.25) is 10.2 Å². The van der Waals surface area contributed by atoms with Gasteiger partial charge in [0.05, 0.1) is 12.2 Å². The number of urea groups is 1. The van der Waals surface area contributed by atoms with Crippen LogP contribution in [0.15, 0.2) is 54.6 Å². The third kappa shape index (κ3) is 8.01. The lowest BCUT2D eigenvalue weighted by atomic mass is 10.1. The molecule has 0 bridgehead atoms. The van der Waals surface area contributed by atoms with Gasteiger partial charge in [-0.1, -0.05) is 11.6 Å². The van der Waals surface area contributed by atoms with E-state index in [9.17, 15) is 14.4 Å². The molecule has 0 aliphatic rings. The summed E-state index contributed by atoms with van der Waals surface area (Å²) < 4.78 is 11.1. The van der Waals surface area contributed by atoms with E-state index in [0.717, 1.165) is 0 Å². The van der Waals surface area contributed by atoms with Crippen LogP contribution in [-0.2, 0) is 11.3 Å². The number of nitrogens with one attached hydrogen (secondary N) is 4. The van der Waals surface area contributed by atoms with Gasteiger partial charge in [0, 0.05) is 45.8 Å². The number of hydrogen-bond acceptors (Lipinski definition) is 7. The number of aliphatic carboxylic acids is 1. The van der Waals surface area contributed by atoms with Gasteiger partial charge in [0.15, 0.2) is 18.1 Å². The first-order valence-electron chi connectivity index (χ1n) is 11.6. The van der Waals surface area contributed by atoms with Crippen LogP contribution in [0.2, 0.25) is 5.02 Å². The molecule has 0 aromatic heterocycles. The molecule has 0 fully saturated rings. The Labute approximate surface area is 228 Å². The van der Waals surface area contributed by atoms with E-state index in [2.05, 4.69) is 16.0 Å². The average Bonchev–Trinajstić information content (AvgIpc) is 2.87. The summed E-state index contributed by atoms with van der Waals surface area (Å²) in [6.45, 7) is 1.38. The van der Waals surface area contributed by atoms with Crippen molar-refractivity contribution >= 4 is 52.4 Å². The Bertz CT molecular complexity index is 1400. The zero-order chi connectivity index (χ0) is 28.5. The van der Waals surface area contributed by atoms with Crippen LogP contribution in [0, 0.1) is 5.41 Å². The average molecular weight is 555 g/mol. The van der Waals surface area contributed by atoms with Crippen molar-refractivity contribution in [3.8, 4) is 11.5 Å². The van der Waals surface area contributed by atoms with Crippen molar-refractivity contribution in [2.45, 2.75) is 13.5 Å². The molecular formula is C26H27ClN6O6. The zero-order valence-corrected chi connectivity index (χ0v) is 21.6. The molecule has 0 heterocycles. The number of nitrogen functional groups attached to an aromatic ring is 1. The predicted molar refractivity (Wildman–Crippen MR) is 148 cm³/mol. The van der Waals surface area contributed by atoms with E-state index in [0.29, 0.717) is 33.2 Å². The maximum absolute atomic E-state index is 13.1. The Morgan fingerprint density at radius 1 is 0.974 bits per heavy atom. The molecule has 0 aliphatic heterocycles. The predicted octanol–water partition coefficient (Wildman–Crippen LogP) is 3.84. The number of ether oxygens (including phenoxy) is 2. The molecule has 0 radical (unpaired) electrons. The van der Waals surface area contributed by atoms with Crippen molar-refractivity contribution in [1.82, 2.24) is 0 Å². The lowest BCUT2D eigenvalue weighted by Crippen LogP contribution is -2.20. The molecule has 0 saturated heterocycles. The largest absolute Gasteiger partial charge is 0.490 e. The van der Waals surface area contributed by atoms with Gasteiger partial charge in [-0.25, -0.2) is 9.59 Å². The highest BCUT2D eigenvalue weighted by molar-refractivity contribution is 6.31. The van der Waals surface area contributed by atoms with Gasteiger partial charge in [-0.05, 0) is 55.5 Å². The third-order valence-corrected chi connectivity index (χ3v) is 5.42. The number of benzene rings is 3. The number of nitrogens with two attached hydrogens (primary N) is 2. The molecule has 0 spiro atoms. The van der Waals surface area contributed by atoms with Crippen LogP contribution in [0.1, 0.15) is 28.4 Å². The van der Waals surface area contributed by atoms with Gasteiger partial charge in [0.2, 0.25) is 0 Å². The monoisotopic (exact) mass is 554 g/mol. The fraction of sp³-hybridized carbons (Fsp3) is 0.154. The van der Waals surface area contributed by atoms with E-state index in [1.54, 1.807) is 49.4 Å². The van der Waals surface area contributed by atoms with Crippen LogP contribution in [0.3, 0.4) is 0 Å². The standard InChI is InChI=1S/C26H27ClN6O6/c1-2-38-21-11-18(33-26(30)37)9-15(23(21)39-13-22(34)35)12-31-20-8-5-16(27)10-19(20)25(36)32-17-6-3-14(4-7-17)24(28)29/h3-11,31H,2,12-13H2,1H3,(H3,28,29)(H,32,36)(H,34,35)(H3,30,33,37). The molecule has 0 aliphatic carbocycles. The summed E-state index contributed by atoms with van der Waals surface area (Å²) in [7, 11) is 0. The van der Waals surface area contributed by atoms with Crippen molar-refractivity contribution in [3.63, 3.8) is 0 Å². The lowest BCUT2D eigenvalue weighted by molar-refractivity contribution is -0.139. The fourth-order valence-corrected chi connectivity index (χ4v) is 3.72. The SMILES string of the molecule is CCOc1cc(NC(N)=O)cc(CNc2ccc(Cl)cc2C(=O)Nc2ccc(C(=N)N)cc2)c1OCC(=O)O. The quantitative estimate of drug-likeness (QED) is 0.129. The van der Waals surface area contributed by atoms with Gasteiger partial charge in [0.25, 0.3) is 5.91 Å². The van der Waals surface area contributed by atoms with Crippen molar-refractivity contribution in [2.24, 2.45) is 11.5 Å². The molecule has 204 valence electrons. The fourth-order valence-electron chi connectivity index (χ4n) is 3.55. The van der Waals surface area contributed by atoms with Crippen molar-refractivity contribution < 1.29 is 29.0 Å². The van der Waals surface area contributed by atoms with E-state index in [-0.39, 0.29) is 36.0 Å². The first-order valence-corrected chi connectivity index (χ1v) is 11.9. The Morgan fingerprint density at radius 3 is 2.31 bits per heavy atom. The highest BCUT2D eigenvalue weighted by atomic mass is 35.5. The highest BCUT2D eigenvalue weighted by Crippen LogP contribution is 2.36. The van der Waals surface area contributed by atoms with Crippen LogP contribution in [0.25, 0.3) is 0 Å². The van der Waals surface area contributed by atoms with Gasteiger partial charge in [0.1, 0.15) is 5.84 Å². The number of rotatable bonds is 12. The molecule has 0 saturated carbocycles. The van der Waals surface area contributed by atoms with Gasteiger partial charge >= 0.3 is 12.0 Å². The molecule has 13 heteroatoms. The molecule has 3 rings (SSSR count). The Morgan fingerprint density at radius 2 is 1.69 bits per heavy atom. The van der Waals surface area contributed by atoms with Crippen LogP contribution < -0.4 is 36.9 Å². The molecule has 39 heavy (non-hydrogen) atoms. The summed E-state index contributed by atoms with van der Waals surface area (Å²) in [6.07, 6.45) is 0. The second-order valence-electron chi connectivity index (χ2n) is 8.06. The molecule has 3 amide bonds. The normalized spacial score (nSPS) is 10.3. The summed E-state index contributed by atoms with van der Waals surface area (Å²) in [5.41, 5.74) is 13.1. The van der Waals surface area contributed by atoms with Crippen LogP contribution in [-0.4, -0.2) is 42.1 Å². The lowest BCUT2D eigenvalue weighted by Gasteiger charge is -2.19. The zero-order valence-electron chi connectivity index (χ0n) is 20.8. The topological polar surface area (TPSA) is 202 Å². The molecule has 12 nitrogen and oxygen atoms in total. The minimum absolute atomic E-state index is 0.0402. The van der Waals surface area contributed by atoms with E-state index < -0.39 is 24.5 Å². The molecule has 0 atom stereocenters. The number of carbonyl (C=O) groups excluding carboxylic acids is 2.